The minimum atomic E-state index is -1.01. The Morgan fingerprint density at radius 1 is 1.53 bits per heavy atom. The van der Waals surface area contributed by atoms with Crippen molar-refractivity contribution < 1.29 is 19.5 Å². The molecule has 3 N–H and O–H groups in total. The molecule has 0 aromatic rings. The van der Waals surface area contributed by atoms with E-state index >= 15 is 0 Å². The second-order valence-corrected chi connectivity index (χ2v) is 5.16. The predicted molar refractivity (Wildman–Crippen MR) is 57.7 cm³/mol. The highest BCUT2D eigenvalue weighted by atomic mass is 16.4. The molecule has 2 atom stereocenters. The number of fused-ring (bicyclic) bond motifs is 1. The summed E-state index contributed by atoms with van der Waals surface area (Å²) in [7, 11) is 0. The van der Waals surface area contributed by atoms with E-state index in [2.05, 4.69) is 0 Å². The molecule has 6 nitrogen and oxygen atoms in total. The molecule has 0 saturated carbocycles. The fourth-order valence-electron chi connectivity index (χ4n) is 2.77. The highest BCUT2D eigenvalue weighted by Crippen LogP contribution is 2.48. The summed E-state index contributed by atoms with van der Waals surface area (Å²) >= 11 is 0. The fraction of sp³-hybridized carbons (Fsp3) is 0.545. The molecular weight excluding hydrogens is 224 g/mol. The summed E-state index contributed by atoms with van der Waals surface area (Å²) in [4.78, 5) is 35.0. The molecular formula is C11H14N2O4. The molecule has 2 aliphatic heterocycles. The lowest BCUT2D eigenvalue weighted by atomic mass is 9.83. The van der Waals surface area contributed by atoms with Gasteiger partial charge in [-0.1, -0.05) is 13.8 Å². The number of hydrogen-bond donors (Lipinski definition) is 2. The van der Waals surface area contributed by atoms with Gasteiger partial charge in [0.05, 0.1) is 6.04 Å². The zero-order valence-electron chi connectivity index (χ0n) is 9.64. The lowest BCUT2D eigenvalue weighted by Crippen LogP contribution is -2.58. The monoisotopic (exact) mass is 238 g/mol. The van der Waals surface area contributed by atoms with Crippen molar-refractivity contribution in [1.82, 2.24) is 4.90 Å². The van der Waals surface area contributed by atoms with E-state index in [1.165, 1.54) is 4.90 Å². The van der Waals surface area contributed by atoms with E-state index in [4.69, 9.17) is 10.8 Å². The van der Waals surface area contributed by atoms with Crippen molar-refractivity contribution >= 4 is 17.8 Å². The van der Waals surface area contributed by atoms with E-state index in [0.717, 1.165) is 6.08 Å². The van der Waals surface area contributed by atoms with Gasteiger partial charge in [-0.15, -0.1) is 0 Å². The predicted octanol–water partition coefficient (Wildman–Crippen LogP) is -0.508. The maximum Gasteiger partial charge on any atom is 0.327 e. The molecule has 2 saturated heterocycles. The molecule has 2 fully saturated rings. The Hall–Kier alpha value is -1.85. The number of β-lactam (4-membered cyclic amide) rings is 1. The maximum absolute atomic E-state index is 11.8. The van der Waals surface area contributed by atoms with Gasteiger partial charge in [0.1, 0.15) is 6.04 Å². The number of carboxylic acid groups (broad SMARTS) is 1. The highest BCUT2D eigenvalue weighted by molar-refractivity contribution is 6.08. The van der Waals surface area contributed by atoms with Crippen LogP contribution in [-0.4, -0.2) is 39.9 Å². The van der Waals surface area contributed by atoms with Crippen molar-refractivity contribution in [2.45, 2.75) is 32.4 Å². The third kappa shape index (κ3) is 1.51. The Morgan fingerprint density at radius 3 is 2.59 bits per heavy atom. The van der Waals surface area contributed by atoms with Crippen molar-refractivity contribution in [2.24, 2.45) is 11.1 Å². The fourth-order valence-corrected chi connectivity index (χ4v) is 2.77. The number of primary amides is 1. The number of carbonyl (C=O) groups is 3. The van der Waals surface area contributed by atoms with E-state index in [0.29, 0.717) is 12.0 Å². The molecule has 2 heterocycles. The molecule has 2 amide bonds. The van der Waals surface area contributed by atoms with E-state index < -0.39 is 29.2 Å². The summed E-state index contributed by atoms with van der Waals surface area (Å²) in [6.07, 6.45) is 1.64. The van der Waals surface area contributed by atoms with Gasteiger partial charge < -0.3 is 15.7 Å². The average molecular weight is 238 g/mol. The van der Waals surface area contributed by atoms with Gasteiger partial charge >= 0.3 is 5.97 Å². The Kier molecular flexibility index (Phi) is 2.27. The molecule has 0 bridgehead atoms. The normalized spacial score (nSPS) is 32.2. The third-order valence-corrected chi connectivity index (χ3v) is 3.45. The average Bonchev–Trinajstić information content (AvgIpc) is 2.43. The molecule has 17 heavy (non-hydrogen) atoms. The molecule has 0 aliphatic carbocycles. The van der Waals surface area contributed by atoms with E-state index in [9.17, 15) is 14.4 Å². The second-order valence-electron chi connectivity index (χ2n) is 5.16. The van der Waals surface area contributed by atoms with Crippen LogP contribution in [0.5, 0.6) is 0 Å². The van der Waals surface area contributed by atoms with E-state index in [-0.39, 0.29) is 6.04 Å². The summed E-state index contributed by atoms with van der Waals surface area (Å²) in [5.74, 6) is -2.08. The van der Waals surface area contributed by atoms with Crippen LogP contribution in [0.25, 0.3) is 0 Å². The van der Waals surface area contributed by atoms with Crippen LogP contribution in [-0.2, 0) is 14.4 Å². The van der Waals surface area contributed by atoms with Gasteiger partial charge in [-0.2, -0.15) is 0 Å². The van der Waals surface area contributed by atoms with E-state index in [1.54, 1.807) is 13.8 Å². The van der Waals surface area contributed by atoms with Crippen LogP contribution in [0, 0.1) is 5.41 Å². The Morgan fingerprint density at radius 2 is 2.12 bits per heavy atom. The zero-order chi connectivity index (χ0) is 13.0. The first-order valence-corrected chi connectivity index (χ1v) is 5.32. The molecule has 1 unspecified atom stereocenters. The molecule has 92 valence electrons. The molecule has 2 rings (SSSR count). The van der Waals surface area contributed by atoms with Crippen molar-refractivity contribution in [3.8, 4) is 0 Å². The van der Waals surface area contributed by atoms with Crippen LogP contribution in [0.2, 0.25) is 0 Å². The van der Waals surface area contributed by atoms with Crippen LogP contribution in [0.15, 0.2) is 11.6 Å². The van der Waals surface area contributed by atoms with Crippen LogP contribution >= 0.6 is 0 Å². The quantitative estimate of drug-likeness (QED) is 0.500. The zero-order valence-corrected chi connectivity index (χ0v) is 9.64. The second kappa shape index (κ2) is 3.32. The smallest absolute Gasteiger partial charge is 0.327 e. The molecule has 0 spiro atoms. The summed E-state index contributed by atoms with van der Waals surface area (Å²) in [6.45, 7) is 3.61. The van der Waals surface area contributed by atoms with Gasteiger partial charge in [0, 0.05) is 11.6 Å². The first-order chi connectivity index (χ1) is 7.75. The van der Waals surface area contributed by atoms with Crippen LogP contribution in [0.1, 0.15) is 20.3 Å². The summed E-state index contributed by atoms with van der Waals surface area (Å²) in [6, 6.07) is -1.11. The largest absolute Gasteiger partial charge is 0.480 e. The minimum Gasteiger partial charge on any atom is -0.480 e. The Labute approximate surface area is 98.1 Å². The standard InChI is InChI=1S/C11H14N2O4/c1-11(2)4-6-5(3-7(12)14)9(15)13(6)8(11)10(16)17/h3,6,8H,4H2,1-2H3,(H2,12,14)(H,16,17)/b5-3+/t6?,8-/m0/s1. The maximum atomic E-state index is 11.8. The lowest BCUT2D eigenvalue weighted by Gasteiger charge is -2.40. The number of carbonyl (C=O) groups excluding carboxylic acids is 2. The first kappa shape index (κ1) is 11.6. The minimum absolute atomic E-state index is 0.286. The Balaban J connectivity index is 2.34. The summed E-state index contributed by atoms with van der Waals surface area (Å²) in [5, 5.41) is 9.15. The number of rotatable bonds is 2. The lowest BCUT2D eigenvalue weighted by molar-refractivity contribution is -0.154. The van der Waals surface area contributed by atoms with Gasteiger partial charge in [0.15, 0.2) is 0 Å². The van der Waals surface area contributed by atoms with Crippen molar-refractivity contribution in [1.29, 1.82) is 0 Å². The van der Waals surface area contributed by atoms with Gasteiger partial charge in [-0.25, -0.2) is 4.79 Å². The number of nitrogens with zero attached hydrogens (tertiary/aromatic N) is 1. The third-order valence-electron chi connectivity index (χ3n) is 3.45. The number of amides is 2. The number of carboxylic acids is 1. The van der Waals surface area contributed by atoms with Crippen molar-refractivity contribution in [3.05, 3.63) is 11.6 Å². The number of nitrogens with two attached hydrogens (primary N) is 1. The van der Waals surface area contributed by atoms with Gasteiger partial charge in [0.2, 0.25) is 5.91 Å². The molecule has 2 aliphatic rings. The molecule has 0 aromatic carbocycles. The SMILES string of the molecule is CC1(C)CC2/C(=C\C(N)=O)C(=O)N2[C@H]1C(=O)O. The number of aliphatic carboxylic acids is 1. The van der Waals surface area contributed by atoms with Crippen LogP contribution in [0.4, 0.5) is 0 Å². The first-order valence-electron chi connectivity index (χ1n) is 5.32. The molecule has 0 radical (unpaired) electrons. The molecule has 6 heteroatoms. The highest BCUT2D eigenvalue weighted by Gasteiger charge is 2.60. The Bertz CT molecular complexity index is 452. The molecule has 0 aromatic heterocycles. The van der Waals surface area contributed by atoms with Crippen LogP contribution in [0.3, 0.4) is 0 Å². The summed E-state index contributed by atoms with van der Waals surface area (Å²) < 4.78 is 0. The van der Waals surface area contributed by atoms with Gasteiger partial charge in [-0.05, 0) is 11.8 Å². The van der Waals surface area contributed by atoms with Crippen LogP contribution < -0.4 is 5.73 Å². The van der Waals surface area contributed by atoms with Gasteiger partial charge in [-0.3, -0.25) is 9.59 Å². The van der Waals surface area contributed by atoms with Crippen molar-refractivity contribution in [2.75, 3.05) is 0 Å². The van der Waals surface area contributed by atoms with Crippen molar-refractivity contribution in [3.63, 3.8) is 0 Å². The summed E-state index contributed by atoms with van der Waals surface area (Å²) in [5.41, 5.74) is 4.83. The van der Waals surface area contributed by atoms with Gasteiger partial charge in [0.25, 0.3) is 5.91 Å². The number of hydrogen-bond acceptors (Lipinski definition) is 3. The van der Waals surface area contributed by atoms with E-state index in [1.807, 2.05) is 0 Å². The topological polar surface area (TPSA) is 101 Å².